The summed E-state index contributed by atoms with van der Waals surface area (Å²) in [5, 5.41) is 7.45. The molecule has 2 aliphatic carbocycles. The highest BCUT2D eigenvalue weighted by Crippen LogP contribution is 2.62. The van der Waals surface area contributed by atoms with Crippen LogP contribution >= 0.6 is 0 Å². The van der Waals surface area contributed by atoms with Crippen LogP contribution in [0.1, 0.15) is 22.3 Å². The fraction of sp³-hybridized carbons (Fsp3) is 0.0208. The predicted molar refractivity (Wildman–Crippen MR) is 209 cm³/mol. The summed E-state index contributed by atoms with van der Waals surface area (Å²) in [6, 6.07) is 58.4. The summed E-state index contributed by atoms with van der Waals surface area (Å²) in [6.07, 6.45) is 0. The van der Waals surface area contributed by atoms with Crippen molar-refractivity contribution in [1.82, 2.24) is 15.0 Å². The number of rotatable bonds is 3. The molecule has 2 heterocycles. The summed E-state index contributed by atoms with van der Waals surface area (Å²) in [4.78, 5) is 15.3. The van der Waals surface area contributed by atoms with E-state index in [-0.39, 0.29) is 0 Å². The van der Waals surface area contributed by atoms with Gasteiger partial charge in [-0.1, -0.05) is 140 Å². The molecule has 0 fully saturated rings. The molecule has 2 aromatic heterocycles. The van der Waals surface area contributed by atoms with Crippen molar-refractivity contribution < 1.29 is 4.42 Å². The lowest BCUT2D eigenvalue weighted by Gasteiger charge is -2.30. The summed E-state index contributed by atoms with van der Waals surface area (Å²) in [5.41, 5.74) is 11.8. The number of benzene rings is 8. The molecule has 12 rings (SSSR count). The lowest BCUT2D eigenvalue weighted by Crippen LogP contribution is -2.26. The van der Waals surface area contributed by atoms with Crippen molar-refractivity contribution in [3.63, 3.8) is 0 Å². The highest BCUT2D eigenvalue weighted by atomic mass is 16.3. The molecule has 0 saturated heterocycles. The molecule has 0 bridgehead atoms. The van der Waals surface area contributed by atoms with Crippen LogP contribution in [0.2, 0.25) is 0 Å². The average Bonchev–Trinajstić information content (AvgIpc) is 3.84. The molecule has 1 spiro atoms. The number of aromatic nitrogens is 3. The van der Waals surface area contributed by atoms with Gasteiger partial charge in [0, 0.05) is 27.5 Å². The number of furan rings is 1. The van der Waals surface area contributed by atoms with Crippen LogP contribution in [0.3, 0.4) is 0 Å². The molecule has 2 aliphatic rings. The van der Waals surface area contributed by atoms with Crippen LogP contribution < -0.4 is 0 Å². The molecule has 240 valence electrons. The fourth-order valence-corrected chi connectivity index (χ4v) is 9.14. The van der Waals surface area contributed by atoms with Crippen molar-refractivity contribution in [3.8, 4) is 45.3 Å². The quantitative estimate of drug-likeness (QED) is 0.177. The molecule has 0 N–H and O–H groups in total. The van der Waals surface area contributed by atoms with Gasteiger partial charge in [0.05, 0.1) is 5.41 Å². The zero-order chi connectivity index (χ0) is 34.0. The second-order valence-corrected chi connectivity index (χ2v) is 13.9. The maximum Gasteiger partial charge on any atom is 0.164 e. The Hall–Kier alpha value is -6.91. The Morgan fingerprint density at radius 3 is 1.71 bits per heavy atom. The standard InChI is InChI=1S/C48H27N3O/c1-2-10-30(11-3-1)45-49-46(51-47(50-45)32-22-24-35-34-15-5-7-19-41(34)52-42(35)27-32)31-23-25-38-36(26-31)33-14-4-6-16-37(33)48(38)39-17-8-12-28-20-21-29-13-9-18-40(48)44(29)43(28)39/h1-27H. The first kappa shape index (κ1) is 27.9. The van der Waals surface area contributed by atoms with Crippen LogP contribution in [-0.2, 0) is 5.41 Å². The first-order valence-corrected chi connectivity index (χ1v) is 17.7. The van der Waals surface area contributed by atoms with Gasteiger partial charge in [-0.15, -0.1) is 0 Å². The lowest BCUT2D eigenvalue weighted by molar-refractivity contribution is 0.669. The summed E-state index contributed by atoms with van der Waals surface area (Å²) >= 11 is 0. The molecule has 0 saturated carbocycles. The van der Waals surface area contributed by atoms with E-state index in [2.05, 4.69) is 109 Å². The van der Waals surface area contributed by atoms with E-state index < -0.39 is 5.41 Å². The van der Waals surface area contributed by atoms with E-state index in [1.165, 1.54) is 54.9 Å². The summed E-state index contributed by atoms with van der Waals surface area (Å²) in [6.45, 7) is 0. The Morgan fingerprint density at radius 2 is 0.942 bits per heavy atom. The van der Waals surface area contributed by atoms with Crippen LogP contribution in [0.5, 0.6) is 0 Å². The van der Waals surface area contributed by atoms with Gasteiger partial charge >= 0.3 is 0 Å². The minimum atomic E-state index is -0.408. The van der Waals surface area contributed by atoms with Crippen molar-refractivity contribution in [2.24, 2.45) is 0 Å². The van der Waals surface area contributed by atoms with Gasteiger partial charge in [-0.3, -0.25) is 0 Å². The second-order valence-electron chi connectivity index (χ2n) is 13.9. The normalized spacial score (nSPS) is 13.5. The smallest absolute Gasteiger partial charge is 0.164 e. The Balaban J connectivity index is 1.09. The zero-order valence-electron chi connectivity index (χ0n) is 27.8. The van der Waals surface area contributed by atoms with Crippen LogP contribution in [0.4, 0.5) is 0 Å². The van der Waals surface area contributed by atoms with Crippen molar-refractivity contribution in [2.75, 3.05) is 0 Å². The number of para-hydroxylation sites is 1. The number of hydrogen-bond acceptors (Lipinski definition) is 4. The summed E-state index contributed by atoms with van der Waals surface area (Å²) < 4.78 is 6.27. The topological polar surface area (TPSA) is 51.8 Å². The molecule has 0 atom stereocenters. The van der Waals surface area contributed by atoms with Crippen molar-refractivity contribution in [2.45, 2.75) is 5.41 Å². The fourth-order valence-electron chi connectivity index (χ4n) is 9.14. The Labute approximate surface area is 298 Å². The van der Waals surface area contributed by atoms with Gasteiger partial charge in [0.15, 0.2) is 17.5 Å². The molecule has 10 aromatic rings. The third-order valence-electron chi connectivity index (χ3n) is 11.3. The largest absolute Gasteiger partial charge is 0.456 e. The van der Waals surface area contributed by atoms with Crippen molar-refractivity contribution >= 4 is 43.5 Å². The monoisotopic (exact) mass is 661 g/mol. The van der Waals surface area contributed by atoms with E-state index in [9.17, 15) is 0 Å². The highest BCUT2D eigenvalue weighted by molar-refractivity contribution is 6.17. The number of fused-ring (bicyclic) bond motifs is 10. The minimum absolute atomic E-state index is 0.408. The summed E-state index contributed by atoms with van der Waals surface area (Å²) in [7, 11) is 0. The Morgan fingerprint density at radius 1 is 0.365 bits per heavy atom. The molecule has 4 heteroatoms. The van der Waals surface area contributed by atoms with Gasteiger partial charge < -0.3 is 4.42 Å². The zero-order valence-corrected chi connectivity index (χ0v) is 27.8. The van der Waals surface area contributed by atoms with Crippen LogP contribution in [0, 0.1) is 0 Å². The van der Waals surface area contributed by atoms with Gasteiger partial charge in [0.25, 0.3) is 0 Å². The number of nitrogens with zero attached hydrogens (tertiary/aromatic N) is 3. The van der Waals surface area contributed by atoms with E-state index in [4.69, 9.17) is 19.4 Å². The second kappa shape index (κ2) is 10.1. The average molecular weight is 662 g/mol. The molecule has 0 aliphatic heterocycles. The SMILES string of the molecule is c1ccc(-c2nc(-c3ccc4c(c3)-c3ccccc3C43c4cccc5ccc6cccc3c6c45)nc(-c3ccc4c(c3)oc3ccccc34)n2)cc1. The first-order valence-electron chi connectivity index (χ1n) is 17.7. The van der Waals surface area contributed by atoms with Crippen LogP contribution in [0.25, 0.3) is 88.8 Å². The van der Waals surface area contributed by atoms with Gasteiger partial charge in [-0.2, -0.15) is 0 Å². The van der Waals surface area contributed by atoms with E-state index >= 15 is 0 Å². The minimum Gasteiger partial charge on any atom is -0.456 e. The van der Waals surface area contributed by atoms with Crippen LogP contribution in [-0.4, -0.2) is 15.0 Å². The Bertz CT molecular complexity index is 3080. The molecular weight excluding hydrogens is 635 g/mol. The van der Waals surface area contributed by atoms with Gasteiger partial charge in [-0.25, -0.2) is 15.0 Å². The van der Waals surface area contributed by atoms with Crippen molar-refractivity contribution in [1.29, 1.82) is 0 Å². The molecule has 0 unspecified atom stereocenters. The predicted octanol–water partition coefficient (Wildman–Crippen LogP) is 11.8. The highest BCUT2D eigenvalue weighted by Gasteiger charge is 2.50. The maximum atomic E-state index is 6.27. The van der Waals surface area contributed by atoms with Gasteiger partial charge in [0.2, 0.25) is 0 Å². The van der Waals surface area contributed by atoms with Crippen molar-refractivity contribution in [3.05, 3.63) is 186 Å². The number of hydrogen-bond donors (Lipinski definition) is 0. The molecule has 8 aromatic carbocycles. The van der Waals surface area contributed by atoms with Gasteiger partial charge in [0.1, 0.15) is 11.2 Å². The summed E-state index contributed by atoms with van der Waals surface area (Å²) in [5.74, 6) is 1.87. The van der Waals surface area contributed by atoms with Crippen LogP contribution in [0.15, 0.2) is 168 Å². The van der Waals surface area contributed by atoms with E-state index in [1.54, 1.807) is 0 Å². The lowest BCUT2D eigenvalue weighted by atomic mass is 9.70. The van der Waals surface area contributed by atoms with E-state index in [0.717, 1.165) is 38.6 Å². The van der Waals surface area contributed by atoms with E-state index in [1.807, 2.05) is 54.6 Å². The van der Waals surface area contributed by atoms with Gasteiger partial charge in [-0.05, 0) is 79.2 Å². The molecular formula is C48H27N3O. The molecule has 4 nitrogen and oxygen atoms in total. The third kappa shape index (κ3) is 3.58. The Kier molecular flexibility index (Phi) is 5.40. The maximum absolute atomic E-state index is 6.27. The molecule has 0 radical (unpaired) electrons. The molecule has 52 heavy (non-hydrogen) atoms. The third-order valence-corrected chi connectivity index (χ3v) is 11.3. The van der Waals surface area contributed by atoms with E-state index in [0.29, 0.717) is 17.5 Å². The molecule has 0 amide bonds. The first-order chi connectivity index (χ1) is 25.8.